The summed E-state index contributed by atoms with van der Waals surface area (Å²) in [6, 6.07) is 0. The fraction of sp³-hybridized carbons (Fsp3) is 0.333. The van der Waals surface area contributed by atoms with Gasteiger partial charge in [0.2, 0.25) is 5.13 Å². The van der Waals surface area contributed by atoms with Crippen LogP contribution in [0.5, 0.6) is 0 Å². The van der Waals surface area contributed by atoms with Crippen LogP contribution in [0.4, 0.5) is 5.13 Å². The molecule has 0 aliphatic rings. The number of carbonyl (C=O) groups is 2. The molecule has 1 rings (SSSR count). The molecule has 8 heteroatoms. The molecule has 1 aromatic rings. The normalized spacial score (nSPS) is 9.71. The van der Waals surface area contributed by atoms with Crippen molar-refractivity contribution < 1.29 is 19.8 Å². The van der Waals surface area contributed by atoms with Crippen molar-refractivity contribution >= 4 is 28.4 Å². The lowest BCUT2D eigenvalue weighted by Crippen LogP contribution is -2.34. The summed E-state index contributed by atoms with van der Waals surface area (Å²) < 4.78 is 0. The molecule has 0 unspecified atom stereocenters. The van der Waals surface area contributed by atoms with Crippen molar-refractivity contribution in [3.05, 3.63) is 5.51 Å². The van der Waals surface area contributed by atoms with Gasteiger partial charge in [0.15, 0.2) is 0 Å². The number of rotatable bonds is 5. The van der Waals surface area contributed by atoms with Gasteiger partial charge < -0.3 is 15.1 Å². The van der Waals surface area contributed by atoms with E-state index in [0.717, 1.165) is 16.2 Å². The number of aliphatic carboxylic acids is 2. The quantitative estimate of drug-likeness (QED) is 0.686. The van der Waals surface area contributed by atoms with Crippen LogP contribution in [0.15, 0.2) is 5.51 Å². The van der Waals surface area contributed by atoms with Crippen molar-refractivity contribution in [1.82, 2.24) is 10.2 Å². The molecular formula is C6H7N3O4S. The Morgan fingerprint density at radius 3 is 2.29 bits per heavy atom. The van der Waals surface area contributed by atoms with Gasteiger partial charge >= 0.3 is 11.9 Å². The molecule has 1 aromatic heterocycles. The maximum Gasteiger partial charge on any atom is 0.323 e. The summed E-state index contributed by atoms with van der Waals surface area (Å²) in [6.07, 6.45) is 0. The van der Waals surface area contributed by atoms with Crippen LogP contribution in [0.2, 0.25) is 0 Å². The van der Waals surface area contributed by atoms with E-state index in [0.29, 0.717) is 0 Å². The second-order valence-electron chi connectivity index (χ2n) is 2.36. The average Bonchev–Trinajstić information content (AvgIpc) is 2.52. The maximum atomic E-state index is 10.4. The predicted molar refractivity (Wildman–Crippen MR) is 47.4 cm³/mol. The Bertz CT molecular complexity index is 310. The van der Waals surface area contributed by atoms with Gasteiger partial charge in [0.1, 0.15) is 18.6 Å². The molecular weight excluding hydrogens is 210 g/mol. The molecule has 0 fully saturated rings. The standard InChI is InChI=1S/C6H7N3O4S/c10-4(11)1-9(2-5(12)13)6-8-7-3-14-6/h3H,1-2H2,(H,10,11)(H,12,13). The fourth-order valence-electron chi connectivity index (χ4n) is 0.823. The Morgan fingerprint density at radius 2 is 1.93 bits per heavy atom. The molecule has 0 bridgehead atoms. The Balaban J connectivity index is 2.71. The molecule has 0 saturated heterocycles. The maximum absolute atomic E-state index is 10.4. The van der Waals surface area contributed by atoms with Crippen LogP contribution >= 0.6 is 11.3 Å². The minimum atomic E-state index is -1.11. The van der Waals surface area contributed by atoms with E-state index in [1.165, 1.54) is 5.51 Å². The molecule has 0 saturated carbocycles. The number of aromatic nitrogens is 2. The highest BCUT2D eigenvalue weighted by Crippen LogP contribution is 2.14. The second-order valence-corrected chi connectivity index (χ2v) is 3.18. The highest BCUT2D eigenvalue weighted by molar-refractivity contribution is 7.13. The van der Waals surface area contributed by atoms with Crippen molar-refractivity contribution in [2.45, 2.75) is 0 Å². The smallest absolute Gasteiger partial charge is 0.323 e. The van der Waals surface area contributed by atoms with Crippen molar-refractivity contribution in [2.75, 3.05) is 18.0 Å². The number of carboxylic acid groups (broad SMARTS) is 2. The topological polar surface area (TPSA) is 104 Å². The van der Waals surface area contributed by atoms with E-state index in [1.54, 1.807) is 0 Å². The van der Waals surface area contributed by atoms with Crippen molar-refractivity contribution in [2.24, 2.45) is 0 Å². The predicted octanol–water partition coefficient (Wildman–Crippen LogP) is -0.486. The number of nitrogens with zero attached hydrogens (tertiary/aromatic N) is 3. The third-order valence-electron chi connectivity index (χ3n) is 1.27. The molecule has 14 heavy (non-hydrogen) atoms. The van der Waals surface area contributed by atoms with Crippen LogP contribution in [0.3, 0.4) is 0 Å². The summed E-state index contributed by atoms with van der Waals surface area (Å²) >= 11 is 1.09. The highest BCUT2D eigenvalue weighted by Gasteiger charge is 2.16. The zero-order valence-electron chi connectivity index (χ0n) is 6.95. The van der Waals surface area contributed by atoms with E-state index in [4.69, 9.17) is 10.2 Å². The molecule has 0 aliphatic heterocycles. The lowest BCUT2D eigenvalue weighted by molar-refractivity contribution is -0.136. The summed E-state index contributed by atoms with van der Waals surface area (Å²) in [5.74, 6) is -2.22. The first kappa shape index (κ1) is 10.4. The van der Waals surface area contributed by atoms with E-state index < -0.39 is 25.0 Å². The van der Waals surface area contributed by atoms with Crippen LogP contribution in [0.1, 0.15) is 0 Å². The van der Waals surface area contributed by atoms with Gasteiger partial charge in [-0.05, 0) is 0 Å². The molecule has 76 valence electrons. The summed E-state index contributed by atoms with van der Waals surface area (Å²) in [7, 11) is 0. The molecule has 0 aliphatic carbocycles. The van der Waals surface area contributed by atoms with Crippen molar-refractivity contribution in [3.63, 3.8) is 0 Å². The Kier molecular flexibility index (Phi) is 3.35. The minimum Gasteiger partial charge on any atom is -0.480 e. The molecule has 0 radical (unpaired) electrons. The summed E-state index contributed by atoms with van der Waals surface area (Å²) in [4.78, 5) is 21.9. The van der Waals surface area contributed by atoms with Gasteiger partial charge in [-0.2, -0.15) is 0 Å². The molecule has 0 amide bonds. The molecule has 7 nitrogen and oxygen atoms in total. The highest BCUT2D eigenvalue weighted by atomic mass is 32.1. The Morgan fingerprint density at radius 1 is 1.36 bits per heavy atom. The van der Waals surface area contributed by atoms with Gasteiger partial charge in [-0.15, -0.1) is 10.2 Å². The largest absolute Gasteiger partial charge is 0.480 e. The van der Waals surface area contributed by atoms with Crippen LogP contribution in [0.25, 0.3) is 0 Å². The minimum absolute atomic E-state index is 0.287. The van der Waals surface area contributed by atoms with Gasteiger partial charge in [-0.25, -0.2) is 0 Å². The third kappa shape index (κ3) is 2.98. The van der Waals surface area contributed by atoms with Gasteiger partial charge in [0, 0.05) is 0 Å². The third-order valence-corrected chi connectivity index (χ3v) is 2.02. The van der Waals surface area contributed by atoms with Crippen LogP contribution < -0.4 is 4.90 Å². The van der Waals surface area contributed by atoms with Crippen LogP contribution in [-0.2, 0) is 9.59 Å². The van der Waals surface area contributed by atoms with Crippen LogP contribution in [0, 0.1) is 0 Å². The molecule has 0 aromatic carbocycles. The second kappa shape index (κ2) is 4.51. The molecule has 0 atom stereocenters. The van der Waals surface area contributed by atoms with E-state index in [-0.39, 0.29) is 5.13 Å². The number of hydrogen-bond donors (Lipinski definition) is 2. The summed E-state index contributed by atoms with van der Waals surface area (Å²) in [5.41, 5.74) is 1.41. The van der Waals surface area contributed by atoms with Gasteiger partial charge in [0.25, 0.3) is 0 Å². The van der Waals surface area contributed by atoms with E-state index >= 15 is 0 Å². The summed E-state index contributed by atoms with van der Waals surface area (Å²) in [6.45, 7) is -0.803. The van der Waals surface area contributed by atoms with Crippen molar-refractivity contribution in [3.8, 4) is 0 Å². The lowest BCUT2D eigenvalue weighted by atomic mass is 10.5. The monoisotopic (exact) mass is 217 g/mol. The first-order chi connectivity index (χ1) is 6.59. The first-order valence-electron chi connectivity index (χ1n) is 3.54. The SMILES string of the molecule is O=C(O)CN(CC(=O)O)c1nncs1. The van der Waals surface area contributed by atoms with E-state index in [1.807, 2.05) is 0 Å². The molecule has 2 N–H and O–H groups in total. The van der Waals surface area contributed by atoms with Crippen molar-refractivity contribution in [1.29, 1.82) is 0 Å². The van der Waals surface area contributed by atoms with E-state index in [2.05, 4.69) is 10.2 Å². The Labute approximate surface area is 82.6 Å². The number of hydrogen-bond acceptors (Lipinski definition) is 6. The number of carboxylic acids is 2. The number of anilines is 1. The fourth-order valence-corrected chi connectivity index (χ4v) is 1.38. The zero-order chi connectivity index (χ0) is 10.6. The average molecular weight is 217 g/mol. The lowest BCUT2D eigenvalue weighted by Gasteiger charge is -2.15. The van der Waals surface area contributed by atoms with Crippen LogP contribution in [-0.4, -0.2) is 45.4 Å². The van der Waals surface area contributed by atoms with E-state index in [9.17, 15) is 9.59 Å². The van der Waals surface area contributed by atoms with Gasteiger partial charge in [0.05, 0.1) is 0 Å². The van der Waals surface area contributed by atoms with Gasteiger partial charge in [-0.3, -0.25) is 9.59 Å². The molecule has 0 spiro atoms. The first-order valence-corrected chi connectivity index (χ1v) is 4.42. The van der Waals surface area contributed by atoms with Gasteiger partial charge in [-0.1, -0.05) is 11.3 Å². The Hall–Kier alpha value is -1.70. The summed E-state index contributed by atoms with van der Waals surface area (Å²) in [5, 5.41) is 24.4. The zero-order valence-corrected chi connectivity index (χ0v) is 7.77. The molecule has 1 heterocycles.